The lowest BCUT2D eigenvalue weighted by atomic mass is 10.2. The summed E-state index contributed by atoms with van der Waals surface area (Å²) >= 11 is 0. The van der Waals surface area contributed by atoms with E-state index in [0.29, 0.717) is 6.04 Å². The highest BCUT2D eigenvalue weighted by Gasteiger charge is 2.24. The van der Waals surface area contributed by atoms with E-state index >= 15 is 0 Å². The molecule has 0 saturated carbocycles. The highest BCUT2D eigenvalue weighted by atomic mass is 16.2. The monoisotopic (exact) mass is 170 g/mol. The average Bonchev–Trinajstić information content (AvgIpc) is 2.15. The molecule has 1 atom stereocenters. The van der Waals surface area contributed by atoms with Gasteiger partial charge in [-0.05, 0) is 33.7 Å². The number of hydrogen-bond acceptors (Lipinski definition) is 2. The highest BCUT2D eigenvalue weighted by Crippen LogP contribution is 2.06. The molecule has 1 heterocycles. The highest BCUT2D eigenvalue weighted by molar-refractivity contribution is 5.81. The van der Waals surface area contributed by atoms with Crippen LogP contribution in [0.2, 0.25) is 0 Å². The Morgan fingerprint density at radius 3 is 2.83 bits per heavy atom. The lowest BCUT2D eigenvalue weighted by molar-refractivity contribution is -0.133. The Hall–Kier alpha value is -0.570. The number of hydrogen-bond donors (Lipinski definition) is 1. The van der Waals surface area contributed by atoms with Crippen LogP contribution in [-0.2, 0) is 4.79 Å². The zero-order valence-electron chi connectivity index (χ0n) is 8.13. The van der Waals surface area contributed by atoms with E-state index in [-0.39, 0.29) is 11.9 Å². The van der Waals surface area contributed by atoms with Crippen LogP contribution in [0.1, 0.15) is 27.2 Å². The standard InChI is InChI=1S/C9H18N2O/c1-7(2)11-6-4-5-10-8(3)9(11)12/h7-8,10H,4-6H2,1-3H3/t8-/m1/s1. The molecule has 3 heteroatoms. The van der Waals surface area contributed by atoms with E-state index in [0.717, 1.165) is 19.5 Å². The van der Waals surface area contributed by atoms with Crippen molar-refractivity contribution in [3.63, 3.8) is 0 Å². The minimum absolute atomic E-state index is 0.00472. The first-order valence-electron chi connectivity index (χ1n) is 4.67. The topological polar surface area (TPSA) is 32.3 Å². The van der Waals surface area contributed by atoms with Crippen molar-refractivity contribution >= 4 is 5.91 Å². The largest absolute Gasteiger partial charge is 0.339 e. The fourth-order valence-electron chi connectivity index (χ4n) is 1.53. The number of nitrogens with one attached hydrogen (secondary N) is 1. The van der Waals surface area contributed by atoms with E-state index in [2.05, 4.69) is 19.2 Å². The molecule has 0 radical (unpaired) electrons. The maximum Gasteiger partial charge on any atom is 0.239 e. The zero-order valence-corrected chi connectivity index (χ0v) is 8.13. The summed E-state index contributed by atoms with van der Waals surface area (Å²) < 4.78 is 0. The summed E-state index contributed by atoms with van der Waals surface area (Å²) in [6.45, 7) is 7.92. The third-order valence-corrected chi connectivity index (χ3v) is 2.30. The molecule has 3 nitrogen and oxygen atoms in total. The summed E-state index contributed by atoms with van der Waals surface area (Å²) in [5.41, 5.74) is 0. The van der Waals surface area contributed by atoms with Gasteiger partial charge in [0.2, 0.25) is 5.91 Å². The summed E-state index contributed by atoms with van der Waals surface area (Å²) in [7, 11) is 0. The van der Waals surface area contributed by atoms with Gasteiger partial charge in [0.25, 0.3) is 0 Å². The number of carbonyl (C=O) groups excluding carboxylic acids is 1. The first-order chi connectivity index (χ1) is 5.63. The van der Waals surface area contributed by atoms with Gasteiger partial charge in [-0.15, -0.1) is 0 Å². The maximum atomic E-state index is 11.7. The summed E-state index contributed by atoms with van der Waals surface area (Å²) in [4.78, 5) is 13.6. The van der Waals surface area contributed by atoms with Gasteiger partial charge in [0.1, 0.15) is 0 Å². The molecule has 1 amide bonds. The molecule has 0 aromatic rings. The van der Waals surface area contributed by atoms with Gasteiger partial charge in [-0.3, -0.25) is 4.79 Å². The number of nitrogens with zero attached hydrogens (tertiary/aromatic N) is 1. The molecule has 12 heavy (non-hydrogen) atoms. The molecule has 0 unspecified atom stereocenters. The number of amides is 1. The lowest BCUT2D eigenvalue weighted by Crippen LogP contribution is -2.44. The lowest BCUT2D eigenvalue weighted by Gasteiger charge is -2.26. The van der Waals surface area contributed by atoms with Crippen LogP contribution in [-0.4, -0.2) is 36.0 Å². The van der Waals surface area contributed by atoms with E-state index in [1.165, 1.54) is 0 Å². The summed E-state index contributed by atoms with van der Waals surface area (Å²) in [6.07, 6.45) is 1.06. The second-order valence-corrected chi connectivity index (χ2v) is 3.65. The third-order valence-electron chi connectivity index (χ3n) is 2.30. The number of rotatable bonds is 1. The van der Waals surface area contributed by atoms with Crippen molar-refractivity contribution in [3.05, 3.63) is 0 Å². The van der Waals surface area contributed by atoms with Gasteiger partial charge in [-0.2, -0.15) is 0 Å². The van der Waals surface area contributed by atoms with Crippen molar-refractivity contribution in [1.29, 1.82) is 0 Å². The van der Waals surface area contributed by atoms with Gasteiger partial charge in [-0.25, -0.2) is 0 Å². The SMILES string of the molecule is CC(C)N1CCCN[C@H](C)C1=O. The Labute approximate surface area is 74.1 Å². The first kappa shape index (κ1) is 9.52. The summed E-state index contributed by atoms with van der Waals surface area (Å²) in [6, 6.07) is 0.328. The van der Waals surface area contributed by atoms with Crippen molar-refractivity contribution in [2.45, 2.75) is 39.3 Å². The van der Waals surface area contributed by atoms with Crippen molar-refractivity contribution in [2.24, 2.45) is 0 Å². The minimum Gasteiger partial charge on any atom is -0.339 e. The van der Waals surface area contributed by atoms with E-state index < -0.39 is 0 Å². The van der Waals surface area contributed by atoms with Gasteiger partial charge < -0.3 is 10.2 Å². The Morgan fingerprint density at radius 2 is 2.25 bits per heavy atom. The molecular weight excluding hydrogens is 152 g/mol. The molecule has 1 aliphatic rings. The predicted molar refractivity (Wildman–Crippen MR) is 48.9 cm³/mol. The molecule has 0 bridgehead atoms. The fraction of sp³-hybridized carbons (Fsp3) is 0.889. The van der Waals surface area contributed by atoms with E-state index in [1.54, 1.807) is 0 Å². The van der Waals surface area contributed by atoms with Crippen LogP contribution in [0.5, 0.6) is 0 Å². The molecule has 0 aromatic carbocycles. The Kier molecular flexibility index (Phi) is 3.09. The molecular formula is C9H18N2O. The van der Waals surface area contributed by atoms with Crippen LogP contribution >= 0.6 is 0 Å². The molecule has 0 aromatic heterocycles. The first-order valence-corrected chi connectivity index (χ1v) is 4.67. The average molecular weight is 170 g/mol. The fourth-order valence-corrected chi connectivity index (χ4v) is 1.53. The Morgan fingerprint density at radius 1 is 1.58 bits per heavy atom. The van der Waals surface area contributed by atoms with Crippen molar-refractivity contribution in [1.82, 2.24) is 10.2 Å². The van der Waals surface area contributed by atoms with Gasteiger partial charge in [0, 0.05) is 12.6 Å². The zero-order chi connectivity index (χ0) is 9.14. The predicted octanol–water partition coefficient (Wildman–Crippen LogP) is 0.605. The van der Waals surface area contributed by atoms with Crippen LogP contribution in [0.15, 0.2) is 0 Å². The van der Waals surface area contributed by atoms with Crippen LogP contribution in [0.3, 0.4) is 0 Å². The summed E-state index contributed by atoms with van der Waals surface area (Å²) in [5, 5.41) is 3.19. The quantitative estimate of drug-likeness (QED) is 0.625. The minimum atomic E-state index is -0.00472. The van der Waals surface area contributed by atoms with Crippen molar-refractivity contribution < 1.29 is 4.79 Å². The molecule has 1 aliphatic heterocycles. The molecule has 1 rings (SSSR count). The van der Waals surface area contributed by atoms with E-state index in [4.69, 9.17) is 0 Å². The molecule has 1 N–H and O–H groups in total. The Bertz CT molecular complexity index is 168. The maximum absolute atomic E-state index is 11.7. The Balaban J connectivity index is 2.64. The third kappa shape index (κ3) is 1.97. The van der Waals surface area contributed by atoms with Crippen LogP contribution < -0.4 is 5.32 Å². The van der Waals surface area contributed by atoms with Gasteiger partial charge in [0.05, 0.1) is 6.04 Å². The van der Waals surface area contributed by atoms with Crippen LogP contribution in [0.25, 0.3) is 0 Å². The van der Waals surface area contributed by atoms with Gasteiger partial charge in [-0.1, -0.05) is 0 Å². The normalized spacial score (nSPS) is 26.2. The second kappa shape index (κ2) is 3.90. The molecule has 70 valence electrons. The van der Waals surface area contributed by atoms with Crippen LogP contribution in [0.4, 0.5) is 0 Å². The van der Waals surface area contributed by atoms with Crippen molar-refractivity contribution in [2.75, 3.05) is 13.1 Å². The molecule has 1 saturated heterocycles. The molecule has 0 spiro atoms. The molecule has 0 aliphatic carbocycles. The van der Waals surface area contributed by atoms with E-state index in [1.807, 2.05) is 11.8 Å². The van der Waals surface area contributed by atoms with Gasteiger partial charge >= 0.3 is 0 Å². The van der Waals surface area contributed by atoms with E-state index in [9.17, 15) is 4.79 Å². The number of carbonyl (C=O) groups is 1. The summed E-state index contributed by atoms with van der Waals surface area (Å²) in [5.74, 6) is 0.238. The van der Waals surface area contributed by atoms with Crippen molar-refractivity contribution in [3.8, 4) is 0 Å². The smallest absolute Gasteiger partial charge is 0.239 e. The van der Waals surface area contributed by atoms with Crippen LogP contribution in [0, 0.1) is 0 Å². The van der Waals surface area contributed by atoms with Gasteiger partial charge in [0.15, 0.2) is 0 Å². The second-order valence-electron chi connectivity index (χ2n) is 3.65. The molecule has 1 fully saturated rings.